The first kappa shape index (κ1) is 28.4. The van der Waals surface area contributed by atoms with Gasteiger partial charge in [-0.3, -0.25) is 5.32 Å². The van der Waals surface area contributed by atoms with Gasteiger partial charge in [0.2, 0.25) is 5.95 Å². The minimum absolute atomic E-state index is 0.00811. The van der Waals surface area contributed by atoms with Gasteiger partial charge in [0.25, 0.3) is 0 Å². The highest BCUT2D eigenvalue weighted by atomic mass is 35.5. The molecule has 0 saturated carbocycles. The Hall–Kier alpha value is -3.21. The van der Waals surface area contributed by atoms with E-state index in [0.29, 0.717) is 22.8 Å². The van der Waals surface area contributed by atoms with E-state index >= 15 is 0 Å². The standard InChI is InChI=1S/C24H24Cl3FN4O5/c1-24(2,3)37-23(33)31-16-7-12(28)6-15(25)21(16)32-22-29-9-13(10-30-22)36-11-14-19(26)17(34-4)8-18(35-5)20(14)27/h6-10H,11H2,1-5H3,(H,31,33)(H,29,30,32). The molecule has 0 radical (unpaired) electrons. The van der Waals surface area contributed by atoms with E-state index in [1.807, 2.05) is 0 Å². The number of methoxy groups -OCH3 is 2. The number of aromatic nitrogens is 2. The van der Waals surface area contributed by atoms with Crippen molar-refractivity contribution in [3.8, 4) is 17.2 Å². The fourth-order valence-corrected chi connectivity index (χ4v) is 3.86. The molecule has 0 atom stereocenters. The van der Waals surface area contributed by atoms with Crippen LogP contribution in [-0.2, 0) is 11.3 Å². The topological polar surface area (TPSA) is 104 Å². The van der Waals surface area contributed by atoms with Crippen LogP contribution < -0.4 is 24.8 Å². The predicted octanol–water partition coefficient (Wildman–Crippen LogP) is 7.26. The monoisotopic (exact) mass is 572 g/mol. The molecule has 37 heavy (non-hydrogen) atoms. The predicted molar refractivity (Wildman–Crippen MR) is 140 cm³/mol. The van der Waals surface area contributed by atoms with E-state index in [9.17, 15) is 9.18 Å². The number of hydrogen-bond donors (Lipinski definition) is 2. The summed E-state index contributed by atoms with van der Waals surface area (Å²) in [6, 6.07) is 3.74. The molecule has 198 valence electrons. The van der Waals surface area contributed by atoms with Gasteiger partial charge < -0.3 is 24.3 Å². The van der Waals surface area contributed by atoms with Gasteiger partial charge in [0, 0.05) is 11.6 Å². The molecule has 2 N–H and O–H groups in total. The zero-order chi connectivity index (χ0) is 27.3. The second-order valence-electron chi connectivity index (χ2n) is 8.48. The fraction of sp³-hybridized carbons (Fsp3) is 0.292. The number of carbonyl (C=O) groups is 1. The number of anilines is 3. The normalized spacial score (nSPS) is 11.1. The van der Waals surface area contributed by atoms with Gasteiger partial charge in [-0.05, 0) is 32.9 Å². The maximum absolute atomic E-state index is 14.0. The van der Waals surface area contributed by atoms with Crippen LogP contribution >= 0.6 is 34.8 Å². The molecule has 1 heterocycles. The summed E-state index contributed by atoms with van der Waals surface area (Å²) in [5, 5.41) is 5.89. The third-order valence-electron chi connectivity index (χ3n) is 4.60. The molecule has 2 aromatic carbocycles. The highest BCUT2D eigenvalue weighted by Gasteiger charge is 2.20. The highest BCUT2D eigenvalue weighted by molar-refractivity contribution is 6.37. The van der Waals surface area contributed by atoms with Crippen LogP contribution in [0.5, 0.6) is 17.2 Å². The van der Waals surface area contributed by atoms with E-state index in [0.717, 1.165) is 12.1 Å². The van der Waals surface area contributed by atoms with Gasteiger partial charge in [-0.2, -0.15) is 0 Å². The molecule has 0 aliphatic heterocycles. The van der Waals surface area contributed by atoms with E-state index in [2.05, 4.69) is 20.6 Å². The Kier molecular flexibility index (Phi) is 9.12. The molecule has 0 aliphatic rings. The first-order chi connectivity index (χ1) is 17.4. The number of hydrogen-bond acceptors (Lipinski definition) is 8. The number of carbonyl (C=O) groups excluding carboxylic acids is 1. The van der Waals surface area contributed by atoms with Crippen LogP contribution in [0.2, 0.25) is 15.1 Å². The van der Waals surface area contributed by atoms with Crippen LogP contribution in [0.1, 0.15) is 26.3 Å². The van der Waals surface area contributed by atoms with Crippen LogP contribution in [0.25, 0.3) is 0 Å². The van der Waals surface area contributed by atoms with E-state index in [1.165, 1.54) is 26.6 Å². The lowest BCUT2D eigenvalue weighted by Gasteiger charge is -2.21. The van der Waals surface area contributed by atoms with E-state index in [4.69, 9.17) is 53.8 Å². The van der Waals surface area contributed by atoms with E-state index in [1.54, 1.807) is 26.8 Å². The molecule has 1 amide bonds. The number of nitrogens with zero attached hydrogens (tertiary/aromatic N) is 2. The average Bonchev–Trinajstić information content (AvgIpc) is 2.81. The molecule has 3 aromatic rings. The van der Waals surface area contributed by atoms with Crippen LogP contribution in [-0.4, -0.2) is 35.9 Å². The van der Waals surface area contributed by atoms with Gasteiger partial charge in [-0.15, -0.1) is 0 Å². The van der Waals surface area contributed by atoms with Crippen LogP contribution in [0.3, 0.4) is 0 Å². The number of ether oxygens (including phenoxy) is 4. The Morgan fingerprint density at radius 3 is 2.14 bits per heavy atom. The average molecular weight is 574 g/mol. The zero-order valence-electron chi connectivity index (χ0n) is 20.5. The molecule has 0 bridgehead atoms. The second kappa shape index (κ2) is 11.9. The molecule has 9 nitrogen and oxygen atoms in total. The van der Waals surface area contributed by atoms with Gasteiger partial charge in [0.05, 0.1) is 53.1 Å². The summed E-state index contributed by atoms with van der Waals surface area (Å²) in [6.07, 6.45) is 2.01. The highest BCUT2D eigenvalue weighted by Crippen LogP contribution is 2.41. The van der Waals surface area contributed by atoms with Crippen molar-refractivity contribution >= 4 is 58.2 Å². The summed E-state index contributed by atoms with van der Waals surface area (Å²) in [7, 11) is 2.95. The van der Waals surface area contributed by atoms with Crippen molar-refractivity contribution < 1.29 is 28.1 Å². The van der Waals surface area contributed by atoms with Crippen molar-refractivity contribution in [2.24, 2.45) is 0 Å². The number of benzene rings is 2. The molecular formula is C24H24Cl3FN4O5. The van der Waals surface area contributed by atoms with Crippen LogP contribution in [0.4, 0.5) is 26.5 Å². The van der Waals surface area contributed by atoms with Gasteiger partial charge in [0.1, 0.15) is 29.5 Å². The van der Waals surface area contributed by atoms with Gasteiger partial charge in [-0.1, -0.05) is 34.8 Å². The maximum atomic E-state index is 14.0. The minimum atomic E-state index is -0.784. The minimum Gasteiger partial charge on any atom is -0.495 e. The molecular weight excluding hydrogens is 550 g/mol. The summed E-state index contributed by atoms with van der Waals surface area (Å²) < 4.78 is 35.5. The summed E-state index contributed by atoms with van der Waals surface area (Å²) in [5.74, 6) is 0.510. The molecule has 0 spiro atoms. The Morgan fingerprint density at radius 1 is 1.00 bits per heavy atom. The quantitative estimate of drug-likeness (QED) is 0.290. The van der Waals surface area contributed by atoms with Crippen molar-refractivity contribution in [2.45, 2.75) is 33.0 Å². The van der Waals surface area contributed by atoms with Crippen molar-refractivity contribution in [2.75, 3.05) is 24.9 Å². The summed E-state index contributed by atoms with van der Waals surface area (Å²) in [5.41, 5.74) is -0.0835. The van der Waals surface area contributed by atoms with Crippen molar-refractivity contribution in [1.82, 2.24) is 9.97 Å². The van der Waals surface area contributed by atoms with E-state index in [-0.39, 0.29) is 39.0 Å². The maximum Gasteiger partial charge on any atom is 0.412 e. The van der Waals surface area contributed by atoms with Crippen molar-refractivity contribution in [3.63, 3.8) is 0 Å². The molecule has 0 saturated heterocycles. The molecule has 0 unspecified atom stereocenters. The zero-order valence-corrected chi connectivity index (χ0v) is 22.8. The third-order valence-corrected chi connectivity index (χ3v) is 5.73. The summed E-state index contributed by atoms with van der Waals surface area (Å²) >= 11 is 19.0. The molecule has 1 aromatic heterocycles. The third kappa shape index (κ3) is 7.41. The number of amides is 1. The summed E-state index contributed by atoms with van der Waals surface area (Å²) in [4.78, 5) is 20.6. The Balaban J connectivity index is 1.76. The second-order valence-corrected chi connectivity index (χ2v) is 9.64. The molecule has 0 aliphatic carbocycles. The van der Waals surface area contributed by atoms with Gasteiger partial charge >= 0.3 is 6.09 Å². The molecule has 3 rings (SSSR count). The molecule has 13 heteroatoms. The Labute approximate surface area is 228 Å². The summed E-state index contributed by atoms with van der Waals surface area (Å²) in [6.45, 7) is 5.09. The first-order valence-corrected chi connectivity index (χ1v) is 11.8. The SMILES string of the molecule is COc1cc(OC)c(Cl)c(COc2cnc(Nc3c(Cl)cc(F)cc3NC(=O)OC(C)(C)C)nc2)c1Cl. The van der Waals surface area contributed by atoms with Crippen molar-refractivity contribution in [3.05, 3.63) is 57.0 Å². The van der Waals surface area contributed by atoms with Gasteiger partial charge in [0.15, 0.2) is 5.75 Å². The molecule has 0 fully saturated rings. The van der Waals surface area contributed by atoms with Crippen LogP contribution in [0.15, 0.2) is 30.6 Å². The first-order valence-electron chi connectivity index (χ1n) is 10.7. The Bertz CT molecular complexity index is 1260. The lowest BCUT2D eigenvalue weighted by atomic mass is 10.2. The fourth-order valence-electron chi connectivity index (χ4n) is 3.00. The van der Waals surface area contributed by atoms with Crippen LogP contribution in [0, 0.1) is 5.82 Å². The lowest BCUT2D eigenvalue weighted by molar-refractivity contribution is 0.0636. The number of halogens is 4. The van der Waals surface area contributed by atoms with E-state index < -0.39 is 17.5 Å². The van der Waals surface area contributed by atoms with Crippen molar-refractivity contribution in [1.29, 1.82) is 0 Å². The largest absolute Gasteiger partial charge is 0.495 e. The number of nitrogens with one attached hydrogen (secondary N) is 2. The Morgan fingerprint density at radius 2 is 1.59 bits per heavy atom. The number of rotatable bonds is 8. The lowest BCUT2D eigenvalue weighted by Crippen LogP contribution is -2.27. The smallest absolute Gasteiger partial charge is 0.412 e. The van der Waals surface area contributed by atoms with Gasteiger partial charge in [-0.25, -0.2) is 19.2 Å².